The van der Waals surface area contributed by atoms with Gasteiger partial charge in [0.15, 0.2) is 0 Å². The largest absolute Gasteiger partial charge is 0.446 e. The van der Waals surface area contributed by atoms with E-state index in [4.69, 9.17) is 4.74 Å². The Hall–Kier alpha value is -2.24. The maximum Gasteiger partial charge on any atom is 0.110 e. The molecule has 24 heavy (non-hydrogen) atoms. The van der Waals surface area contributed by atoms with Crippen molar-refractivity contribution in [1.82, 2.24) is 4.90 Å². The molecule has 1 aliphatic heterocycles. The highest BCUT2D eigenvalue weighted by molar-refractivity contribution is 5.19. The van der Waals surface area contributed by atoms with E-state index in [-0.39, 0.29) is 0 Å². The van der Waals surface area contributed by atoms with Gasteiger partial charge in [0.05, 0.1) is 0 Å². The molecule has 0 aliphatic carbocycles. The third-order valence-electron chi connectivity index (χ3n) is 4.55. The van der Waals surface area contributed by atoms with Crippen molar-refractivity contribution in [2.75, 3.05) is 19.7 Å². The van der Waals surface area contributed by atoms with E-state index in [2.05, 4.69) is 59.4 Å². The maximum absolute atomic E-state index is 5.57. The summed E-state index contributed by atoms with van der Waals surface area (Å²) in [5.41, 5.74) is 2.64. The van der Waals surface area contributed by atoms with E-state index in [1.807, 2.05) is 18.2 Å². The van der Waals surface area contributed by atoms with Crippen LogP contribution in [0.3, 0.4) is 0 Å². The number of piperidine rings is 1. The van der Waals surface area contributed by atoms with Crippen LogP contribution < -0.4 is 0 Å². The average molecular weight is 319 g/mol. The number of ether oxygens (including phenoxy) is 1. The van der Waals surface area contributed by atoms with Gasteiger partial charge in [0.1, 0.15) is 12.7 Å². The fourth-order valence-corrected chi connectivity index (χ4v) is 3.10. The molecule has 0 unspecified atom stereocenters. The van der Waals surface area contributed by atoms with Gasteiger partial charge in [0.2, 0.25) is 0 Å². The molecule has 1 heterocycles. The smallest absolute Gasteiger partial charge is 0.110 e. The molecule has 3 rings (SSSR count). The Kier molecular flexibility index (Phi) is 6.33. The molecule has 0 spiro atoms. The lowest BCUT2D eigenvalue weighted by Gasteiger charge is -2.31. The van der Waals surface area contributed by atoms with Crippen LogP contribution in [0.25, 0.3) is 0 Å². The zero-order valence-corrected chi connectivity index (χ0v) is 14.2. The standard InChI is InChI=1S/C22H25NO/c1-3-8-20(9-4-1)12-7-17-24-19-22-13-15-23(16-14-22)18-21-10-5-2-6-11-21/h1-6,8-11,22H,12-16,18-19H2. The van der Waals surface area contributed by atoms with Crippen molar-refractivity contribution >= 4 is 0 Å². The van der Waals surface area contributed by atoms with E-state index in [1.54, 1.807) is 0 Å². The van der Waals surface area contributed by atoms with E-state index in [9.17, 15) is 0 Å². The van der Waals surface area contributed by atoms with Gasteiger partial charge in [-0.05, 0) is 43.0 Å². The maximum atomic E-state index is 5.57. The zero-order chi connectivity index (χ0) is 16.5. The topological polar surface area (TPSA) is 12.5 Å². The molecule has 0 atom stereocenters. The molecule has 2 heteroatoms. The molecule has 124 valence electrons. The van der Waals surface area contributed by atoms with Crippen LogP contribution in [0.4, 0.5) is 0 Å². The average Bonchev–Trinajstić information content (AvgIpc) is 2.65. The molecule has 0 bridgehead atoms. The van der Waals surface area contributed by atoms with Gasteiger partial charge in [-0.2, -0.15) is 0 Å². The Balaban J connectivity index is 1.33. The van der Waals surface area contributed by atoms with Gasteiger partial charge in [0, 0.05) is 13.0 Å². The van der Waals surface area contributed by atoms with Gasteiger partial charge in [-0.15, -0.1) is 0 Å². The number of nitrogens with zero attached hydrogens (tertiary/aromatic N) is 1. The minimum atomic E-state index is 0.642. The normalized spacial score (nSPS) is 15.5. The van der Waals surface area contributed by atoms with Crippen molar-refractivity contribution in [2.24, 2.45) is 5.92 Å². The molecular formula is C22H25NO. The first-order chi connectivity index (χ1) is 11.9. The minimum absolute atomic E-state index is 0.642. The summed E-state index contributed by atoms with van der Waals surface area (Å²) in [6.45, 7) is 4.13. The predicted molar refractivity (Wildman–Crippen MR) is 98.3 cm³/mol. The van der Waals surface area contributed by atoms with Crippen molar-refractivity contribution in [3.63, 3.8) is 0 Å². The van der Waals surface area contributed by atoms with Gasteiger partial charge >= 0.3 is 0 Å². The second-order valence-corrected chi connectivity index (χ2v) is 6.46. The zero-order valence-electron chi connectivity index (χ0n) is 14.2. The van der Waals surface area contributed by atoms with Gasteiger partial charge in [-0.3, -0.25) is 4.90 Å². The van der Waals surface area contributed by atoms with Crippen LogP contribution in [0.15, 0.2) is 60.7 Å². The molecular weight excluding hydrogens is 294 g/mol. The number of likely N-dealkylation sites (tertiary alicyclic amines) is 1. The lowest BCUT2D eigenvalue weighted by Crippen LogP contribution is -2.34. The molecule has 0 amide bonds. The molecule has 0 saturated carbocycles. The van der Waals surface area contributed by atoms with E-state index in [0.29, 0.717) is 5.92 Å². The van der Waals surface area contributed by atoms with Crippen LogP contribution >= 0.6 is 0 Å². The first kappa shape index (κ1) is 16.6. The van der Waals surface area contributed by atoms with Crippen molar-refractivity contribution in [1.29, 1.82) is 0 Å². The lowest BCUT2D eigenvalue weighted by atomic mass is 9.97. The molecule has 0 radical (unpaired) electrons. The Morgan fingerprint density at radius 1 is 0.875 bits per heavy atom. The lowest BCUT2D eigenvalue weighted by molar-refractivity contribution is 0.125. The van der Waals surface area contributed by atoms with Crippen LogP contribution in [-0.2, 0) is 17.7 Å². The van der Waals surface area contributed by atoms with Crippen LogP contribution in [0.2, 0.25) is 0 Å². The van der Waals surface area contributed by atoms with Crippen molar-refractivity contribution in [2.45, 2.75) is 25.8 Å². The fourth-order valence-electron chi connectivity index (χ4n) is 3.10. The molecule has 2 aromatic carbocycles. The predicted octanol–water partition coefficient (Wildman–Crippen LogP) is 4.12. The van der Waals surface area contributed by atoms with Crippen LogP contribution in [-0.4, -0.2) is 24.6 Å². The monoisotopic (exact) mass is 319 g/mol. The first-order valence-electron chi connectivity index (χ1n) is 8.80. The molecule has 2 nitrogen and oxygen atoms in total. The van der Waals surface area contributed by atoms with Crippen LogP contribution in [0.5, 0.6) is 0 Å². The first-order valence-corrected chi connectivity index (χ1v) is 8.80. The summed E-state index contributed by atoms with van der Waals surface area (Å²) < 4.78 is 5.57. The second kappa shape index (κ2) is 9.15. The molecule has 0 N–H and O–H groups in total. The van der Waals surface area contributed by atoms with Crippen LogP contribution in [0.1, 0.15) is 24.0 Å². The highest BCUT2D eigenvalue weighted by Gasteiger charge is 2.19. The summed E-state index contributed by atoms with van der Waals surface area (Å²) in [7, 11) is 0. The van der Waals surface area contributed by atoms with Crippen molar-refractivity contribution < 1.29 is 4.74 Å². The van der Waals surface area contributed by atoms with Gasteiger partial charge < -0.3 is 4.74 Å². The van der Waals surface area contributed by atoms with Gasteiger partial charge in [-0.25, -0.2) is 0 Å². The Morgan fingerprint density at radius 2 is 1.50 bits per heavy atom. The number of benzene rings is 2. The quantitative estimate of drug-likeness (QED) is 0.769. The fraction of sp³-hybridized carbons (Fsp3) is 0.364. The second-order valence-electron chi connectivity index (χ2n) is 6.46. The van der Waals surface area contributed by atoms with Gasteiger partial charge in [0.25, 0.3) is 0 Å². The summed E-state index contributed by atoms with van der Waals surface area (Å²) in [6.07, 6.45) is 6.03. The van der Waals surface area contributed by atoms with E-state index < -0.39 is 0 Å². The Labute approximate surface area is 145 Å². The van der Waals surface area contributed by atoms with Crippen molar-refractivity contribution in [3.8, 4) is 12.0 Å². The Bertz CT molecular complexity index is 649. The number of rotatable bonds is 5. The van der Waals surface area contributed by atoms with E-state index in [0.717, 1.165) is 32.7 Å². The number of hydrogen-bond acceptors (Lipinski definition) is 2. The summed E-state index contributed by atoms with van der Waals surface area (Å²) in [5.74, 6) is 3.74. The SMILES string of the molecule is C(#COCC1CCN(Cc2ccccc2)CC1)Cc1ccccc1. The van der Waals surface area contributed by atoms with E-state index in [1.165, 1.54) is 24.0 Å². The summed E-state index contributed by atoms with van der Waals surface area (Å²) >= 11 is 0. The third kappa shape index (κ3) is 5.44. The molecule has 1 aliphatic rings. The molecule has 0 aromatic heterocycles. The minimum Gasteiger partial charge on any atom is -0.446 e. The molecule has 2 aromatic rings. The molecule has 1 saturated heterocycles. The summed E-state index contributed by atoms with van der Waals surface area (Å²) in [6, 6.07) is 21.0. The highest BCUT2D eigenvalue weighted by atomic mass is 16.5. The summed E-state index contributed by atoms with van der Waals surface area (Å²) in [5, 5.41) is 0. The summed E-state index contributed by atoms with van der Waals surface area (Å²) in [4.78, 5) is 2.53. The van der Waals surface area contributed by atoms with Crippen LogP contribution in [0, 0.1) is 17.9 Å². The van der Waals surface area contributed by atoms with Crippen molar-refractivity contribution in [3.05, 3.63) is 71.8 Å². The van der Waals surface area contributed by atoms with E-state index >= 15 is 0 Å². The molecule has 1 fully saturated rings. The highest BCUT2D eigenvalue weighted by Crippen LogP contribution is 2.19. The number of hydrogen-bond donors (Lipinski definition) is 0. The van der Waals surface area contributed by atoms with Gasteiger partial charge in [-0.1, -0.05) is 66.6 Å². The Morgan fingerprint density at radius 3 is 2.17 bits per heavy atom. The third-order valence-corrected chi connectivity index (χ3v) is 4.55.